The maximum atomic E-state index is 5.84. The third kappa shape index (κ3) is 4.97. The van der Waals surface area contributed by atoms with Crippen molar-refractivity contribution in [1.29, 1.82) is 0 Å². The van der Waals surface area contributed by atoms with E-state index in [1.165, 1.54) is 25.7 Å². The first-order valence-electron chi connectivity index (χ1n) is 6.15. The van der Waals surface area contributed by atoms with E-state index in [0.717, 1.165) is 32.0 Å². The van der Waals surface area contributed by atoms with E-state index in [0.29, 0.717) is 6.10 Å². The van der Waals surface area contributed by atoms with Crippen molar-refractivity contribution in [1.82, 2.24) is 5.32 Å². The summed E-state index contributed by atoms with van der Waals surface area (Å²) in [5.74, 6) is 0.927. The van der Waals surface area contributed by atoms with Gasteiger partial charge < -0.3 is 10.1 Å². The Hall–Kier alpha value is -0.0800. The molecule has 1 aliphatic carbocycles. The molecule has 1 saturated carbocycles. The summed E-state index contributed by atoms with van der Waals surface area (Å²) in [6.45, 7) is 7.59. The largest absolute Gasteiger partial charge is 0.378 e. The first-order valence-corrected chi connectivity index (χ1v) is 6.15. The summed E-state index contributed by atoms with van der Waals surface area (Å²) < 4.78 is 5.84. The SMILES string of the molecule is CCNCCCOC1CCC(C)CC1. The minimum Gasteiger partial charge on any atom is -0.378 e. The van der Waals surface area contributed by atoms with E-state index in [4.69, 9.17) is 4.74 Å². The molecule has 1 rings (SSSR count). The van der Waals surface area contributed by atoms with Crippen LogP contribution in [0.25, 0.3) is 0 Å². The van der Waals surface area contributed by atoms with Crippen LogP contribution in [0.1, 0.15) is 46.0 Å². The molecular formula is C12H25NO. The van der Waals surface area contributed by atoms with Crippen molar-refractivity contribution in [2.45, 2.75) is 52.1 Å². The van der Waals surface area contributed by atoms with Crippen LogP contribution in [-0.4, -0.2) is 25.8 Å². The maximum absolute atomic E-state index is 5.84. The Labute approximate surface area is 88.4 Å². The Bertz CT molecular complexity index is 130. The zero-order chi connectivity index (χ0) is 10.2. The molecule has 0 spiro atoms. The van der Waals surface area contributed by atoms with Gasteiger partial charge in [0, 0.05) is 6.61 Å². The van der Waals surface area contributed by atoms with E-state index < -0.39 is 0 Å². The van der Waals surface area contributed by atoms with Gasteiger partial charge in [-0.1, -0.05) is 13.8 Å². The van der Waals surface area contributed by atoms with Crippen LogP contribution in [0.3, 0.4) is 0 Å². The quantitative estimate of drug-likeness (QED) is 0.664. The van der Waals surface area contributed by atoms with Gasteiger partial charge in [-0.25, -0.2) is 0 Å². The number of ether oxygens (including phenoxy) is 1. The number of hydrogen-bond acceptors (Lipinski definition) is 2. The topological polar surface area (TPSA) is 21.3 Å². The van der Waals surface area contributed by atoms with Crippen molar-refractivity contribution < 1.29 is 4.74 Å². The molecule has 2 nitrogen and oxygen atoms in total. The molecule has 0 aromatic carbocycles. The van der Waals surface area contributed by atoms with Crippen molar-refractivity contribution >= 4 is 0 Å². The van der Waals surface area contributed by atoms with Crippen molar-refractivity contribution in [2.75, 3.05) is 19.7 Å². The first kappa shape index (κ1) is 12.0. The number of rotatable bonds is 6. The zero-order valence-corrected chi connectivity index (χ0v) is 9.72. The van der Waals surface area contributed by atoms with Gasteiger partial charge in [-0.2, -0.15) is 0 Å². The van der Waals surface area contributed by atoms with Crippen LogP contribution in [0.5, 0.6) is 0 Å². The van der Waals surface area contributed by atoms with Crippen LogP contribution < -0.4 is 5.32 Å². The van der Waals surface area contributed by atoms with Crippen molar-refractivity contribution in [3.8, 4) is 0 Å². The van der Waals surface area contributed by atoms with E-state index in [2.05, 4.69) is 19.2 Å². The monoisotopic (exact) mass is 199 g/mol. The molecule has 0 aromatic rings. The highest BCUT2D eigenvalue weighted by molar-refractivity contribution is 4.69. The summed E-state index contributed by atoms with van der Waals surface area (Å²) in [5.41, 5.74) is 0. The summed E-state index contributed by atoms with van der Waals surface area (Å²) in [6.07, 6.45) is 6.99. The molecule has 1 aliphatic rings. The lowest BCUT2D eigenvalue weighted by molar-refractivity contribution is 0.0189. The normalized spacial score (nSPS) is 27.9. The highest BCUT2D eigenvalue weighted by Crippen LogP contribution is 2.25. The van der Waals surface area contributed by atoms with E-state index in [9.17, 15) is 0 Å². The average Bonchev–Trinajstić information content (AvgIpc) is 2.21. The first-order chi connectivity index (χ1) is 6.83. The Kier molecular flexibility index (Phi) is 6.20. The smallest absolute Gasteiger partial charge is 0.0575 e. The molecule has 0 saturated heterocycles. The highest BCUT2D eigenvalue weighted by atomic mass is 16.5. The van der Waals surface area contributed by atoms with E-state index in [1.807, 2.05) is 0 Å². The van der Waals surface area contributed by atoms with Gasteiger partial charge in [-0.05, 0) is 51.1 Å². The van der Waals surface area contributed by atoms with Crippen LogP contribution in [0.2, 0.25) is 0 Å². The summed E-state index contributed by atoms with van der Waals surface area (Å²) in [4.78, 5) is 0. The maximum Gasteiger partial charge on any atom is 0.0575 e. The highest BCUT2D eigenvalue weighted by Gasteiger charge is 2.17. The Morgan fingerprint density at radius 2 is 1.93 bits per heavy atom. The van der Waals surface area contributed by atoms with Crippen LogP contribution in [0.15, 0.2) is 0 Å². The minimum absolute atomic E-state index is 0.563. The molecule has 1 fully saturated rings. The summed E-state index contributed by atoms with van der Waals surface area (Å²) in [6, 6.07) is 0. The fourth-order valence-corrected chi connectivity index (χ4v) is 2.02. The molecule has 0 aromatic heterocycles. The Balaban J connectivity index is 1.91. The summed E-state index contributed by atoms with van der Waals surface area (Å²) >= 11 is 0. The molecule has 0 unspecified atom stereocenters. The standard InChI is InChI=1S/C12H25NO/c1-3-13-9-4-10-14-12-7-5-11(2)6-8-12/h11-13H,3-10H2,1-2H3. The lowest BCUT2D eigenvalue weighted by Gasteiger charge is -2.26. The molecule has 0 heterocycles. The van der Waals surface area contributed by atoms with Crippen molar-refractivity contribution in [2.24, 2.45) is 5.92 Å². The molecule has 84 valence electrons. The molecule has 0 atom stereocenters. The van der Waals surface area contributed by atoms with Gasteiger partial charge in [-0.3, -0.25) is 0 Å². The predicted octanol–water partition coefficient (Wildman–Crippen LogP) is 2.58. The molecule has 0 bridgehead atoms. The van der Waals surface area contributed by atoms with E-state index >= 15 is 0 Å². The molecular weight excluding hydrogens is 174 g/mol. The second kappa shape index (κ2) is 7.24. The van der Waals surface area contributed by atoms with Gasteiger partial charge in [0.05, 0.1) is 6.10 Å². The van der Waals surface area contributed by atoms with Gasteiger partial charge in [0.15, 0.2) is 0 Å². The van der Waals surface area contributed by atoms with Gasteiger partial charge in [0.2, 0.25) is 0 Å². The zero-order valence-electron chi connectivity index (χ0n) is 9.72. The molecule has 0 amide bonds. The van der Waals surface area contributed by atoms with E-state index in [-0.39, 0.29) is 0 Å². The fourth-order valence-electron chi connectivity index (χ4n) is 2.02. The predicted molar refractivity (Wildman–Crippen MR) is 60.5 cm³/mol. The Morgan fingerprint density at radius 1 is 1.21 bits per heavy atom. The lowest BCUT2D eigenvalue weighted by atomic mass is 9.89. The summed E-state index contributed by atoms with van der Waals surface area (Å²) in [5, 5.41) is 3.31. The Morgan fingerprint density at radius 3 is 2.57 bits per heavy atom. The number of nitrogens with one attached hydrogen (secondary N) is 1. The van der Waals surface area contributed by atoms with Crippen LogP contribution >= 0.6 is 0 Å². The lowest BCUT2D eigenvalue weighted by Crippen LogP contribution is -2.22. The summed E-state index contributed by atoms with van der Waals surface area (Å²) in [7, 11) is 0. The molecule has 0 aliphatic heterocycles. The third-order valence-corrected chi connectivity index (χ3v) is 3.06. The third-order valence-electron chi connectivity index (χ3n) is 3.06. The van der Waals surface area contributed by atoms with Crippen LogP contribution in [0, 0.1) is 5.92 Å². The van der Waals surface area contributed by atoms with Gasteiger partial charge in [0.25, 0.3) is 0 Å². The van der Waals surface area contributed by atoms with Crippen LogP contribution in [0.4, 0.5) is 0 Å². The van der Waals surface area contributed by atoms with Gasteiger partial charge in [0.1, 0.15) is 0 Å². The molecule has 0 radical (unpaired) electrons. The second-order valence-corrected chi connectivity index (χ2v) is 4.46. The van der Waals surface area contributed by atoms with Crippen molar-refractivity contribution in [3.05, 3.63) is 0 Å². The molecule has 2 heteroatoms. The van der Waals surface area contributed by atoms with Crippen molar-refractivity contribution in [3.63, 3.8) is 0 Å². The van der Waals surface area contributed by atoms with E-state index in [1.54, 1.807) is 0 Å². The fraction of sp³-hybridized carbons (Fsp3) is 1.00. The second-order valence-electron chi connectivity index (χ2n) is 4.46. The van der Waals surface area contributed by atoms with Crippen LogP contribution in [-0.2, 0) is 4.74 Å². The van der Waals surface area contributed by atoms with Gasteiger partial charge >= 0.3 is 0 Å². The molecule has 1 N–H and O–H groups in total. The minimum atomic E-state index is 0.563. The average molecular weight is 199 g/mol. The number of hydrogen-bond donors (Lipinski definition) is 1. The van der Waals surface area contributed by atoms with Gasteiger partial charge in [-0.15, -0.1) is 0 Å². The molecule has 14 heavy (non-hydrogen) atoms.